The van der Waals surface area contributed by atoms with Crippen molar-refractivity contribution in [3.8, 4) is 0 Å². The van der Waals surface area contributed by atoms with Crippen molar-refractivity contribution in [3.63, 3.8) is 0 Å². The van der Waals surface area contributed by atoms with E-state index in [0.29, 0.717) is 31.5 Å². The number of ether oxygens (including phenoxy) is 2. The molecule has 0 aromatic heterocycles. The molecule has 0 amide bonds. The van der Waals surface area contributed by atoms with E-state index in [9.17, 15) is 5.11 Å². The molecule has 37 heavy (non-hydrogen) atoms. The van der Waals surface area contributed by atoms with Crippen LogP contribution in [0.4, 0.5) is 5.69 Å². The first kappa shape index (κ1) is 27.3. The van der Waals surface area contributed by atoms with Gasteiger partial charge in [-0.05, 0) is 52.7 Å². The largest absolute Gasteiger partial charge is 0.493 e. The monoisotopic (exact) mass is 504 g/mol. The van der Waals surface area contributed by atoms with E-state index in [1.807, 2.05) is 0 Å². The Morgan fingerprint density at radius 3 is 2.27 bits per heavy atom. The summed E-state index contributed by atoms with van der Waals surface area (Å²) in [4.78, 5) is 2.38. The smallest absolute Gasteiger partial charge is 0.126 e. The second-order valence-electron chi connectivity index (χ2n) is 10.8. The lowest BCUT2D eigenvalue weighted by Gasteiger charge is -2.35. The molecule has 1 heterocycles. The lowest BCUT2D eigenvalue weighted by Crippen LogP contribution is -2.35. The topological polar surface area (TPSA) is 54.0 Å². The zero-order valence-electron chi connectivity index (χ0n) is 23.2. The second kappa shape index (κ2) is 12.7. The van der Waals surface area contributed by atoms with E-state index >= 15 is 0 Å². The van der Waals surface area contributed by atoms with Crippen molar-refractivity contribution in [2.45, 2.75) is 84.6 Å². The predicted octanol–water partition coefficient (Wildman–Crippen LogP) is 6.71. The van der Waals surface area contributed by atoms with Gasteiger partial charge in [-0.25, -0.2) is 0 Å². The van der Waals surface area contributed by atoms with E-state index in [1.54, 1.807) is 0 Å². The molecule has 2 aliphatic rings. The maximum atomic E-state index is 11.2. The summed E-state index contributed by atoms with van der Waals surface area (Å²) in [6.45, 7) is 13.8. The summed E-state index contributed by atoms with van der Waals surface area (Å²) in [5.41, 5.74) is 7.41. The highest BCUT2D eigenvalue weighted by Gasteiger charge is 2.27. The number of aryl methyl sites for hydroxylation is 1. The number of allylic oxidation sites excluding steroid dienone is 2. The van der Waals surface area contributed by atoms with Crippen LogP contribution in [0.3, 0.4) is 0 Å². The average Bonchev–Trinajstić information content (AvgIpc) is 2.91. The van der Waals surface area contributed by atoms with Gasteiger partial charge in [0, 0.05) is 37.3 Å². The minimum absolute atomic E-state index is 0.0201. The highest BCUT2D eigenvalue weighted by atomic mass is 16.6. The van der Waals surface area contributed by atoms with Gasteiger partial charge in [-0.3, -0.25) is 0 Å². The third-order valence-corrected chi connectivity index (χ3v) is 7.39. The number of nitrogens with zero attached hydrogens (tertiary/aromatic N) is 1. The number of hydrogen-bond acceptors (Lipinski definition) is 5. The van der Waals surface area contributed by atoms with Gasteiger partial charge in [0.1, 0.15) is 24.7 Å². The van der Waals surface area contributed by atoms with Gasteiger partial charge in [0.25, 0.3) is 0 Å². The quantitative estimate of drug-likeness (QED) is 0.333. The van der Waals surface area contributed by atoms with Crippen molar-refractivity contribution in [2.24, 2.45) is 0 Å². The van der Waals surface area contributed by atoms with E-state index in [1.165, 1.54) is 28.0 Å². The molecule has 5 nitrogen and oxygen atoms in total. The summed E-state index contributed by atoms with van der Waals surface area (Å²) < 4.78 is 11.8. The van der Waals surface area contributed by atoms with E-state index in [0.717, 1.165) is 37.4 Å². The first-order chi connectivity index (χ1) is 17.9. The summed E-state index contributed by atoms with van der Waals surface area (Å²) in [7, 11) is 0. The number of anilines is 1. The van der Waals surface area contributed by atoms with Gasteiger partial charge in [-0.15, -0.1) is 0 Å². The van der Waals surface area contributed by atoms with Crippen LogP contribution in [0.2, 0.25) is 0 Å². The summed E-state index contributed by atoms with van der Waals surface area (Å²) in [6.07, 6.45) is 5.98. The van der Waals surface area contributed by atoms with E-state index in [4.69, 9.17) is 9.47 Å². The fourth-order valence-electron chi connectivity index (χ4n) is 5.17. The summed E-state index contributed by atoms with van der Waals surface area (Å²) in [6, 6.07) is 15.3. The SMILES string of the molecule is CCc1ccc(CN(CCC(O)Nc2c(C(C)C)cccc2C(C)C)C2=CC=C3OCCOC3C2)cc1. The van der Waals surface area contributed by atoms with Crippen molar-refractivity contribution < 1.29 is 14.6 Å². The van der Waals surface area contributed by atoms with E-state index < -0.39 is 6.23 Å². The van der Waals surface area contributed by atoms with E-state index in [2.05, 4.69) is 99.5 Å². The zero-order valence-corrected chi connectivity index (χ0v) is 23.2. The van der Waals surface area contributed by atoms with E-state index in [-0.39, 0.29) is 6.10 Å². The van der Waals surface area contributed by atoms with Crippen LogP contribution < -0.4 is 5.32 Å². The first-order valence-electron chi connectivity index (χ1n) is 13.9. The third-order valence-electron chi connectivity index (χ3n) is 7.39. The Labute approximate surface area is 223 Å². The first-order valence-corrected chi connectivity index (χ1v) is 13.9. The summed E-state index contributed by atoms with van der Waals surface area (Å²) in [5.74, 6) is 1.68. The molecule has 200 valence electrons. The lowest BCUT2D eigenvalue weighted by molar-refractivity contribution is -0.0454. The van der Waals surface area contributed by atoms with Gasteiger partial charge in [-0.2, -0.15) is 0 Å². The Kier molecular flexibility index (Phi) is 9.33. The normalized spacial score (nSPS) is 18.1. The van der Waals surface area contributed by atoms with Gasteiger partial charge in [0.2, 0.25) is 0 Å². The molecule has 4 rings (SSSR count). The predicted molar refractivity (Wildman–Crippen MR) is 152 cm³/mol. The fourth-order valence-corrected chi connectivity index (χ4v) is 5.17. The van der Waals surface area contributed by atoms with Crippen molar-refractivity contribution in [3.05, 3.63) is 88.3 Å². The number of para-hydroxylation sites is 1. The highest BCUT2D eigenvalue weighted by molar-refractivity contribution is 5.60. The van der Waals surface area contributed by atoms with Crippen LogP contribution >= 0.6 is 0 Å². The molecule has 1 aliphatic carbocycles. The molecule has 2 N–H and O–H groups in total. The minimum Gasteiger partial charge on any atom is -0.493 e. The number of rotatable bonds is 11. The molecule has 0 bridgehead atoms. The van der Waals surface area contributed by atoms with Crippen molar-refractivity contribution in [2.75, 3.05) is 25.1 Å². The minimum atomic E-state index is -0.646. The van der Waals surface area contributed by atoms with Gasteiger partial charge in [0.15, 0.2) is 0 Å². The Bertz CT molecular complexity index is 1060. The molecule has 0 radical (unpaired) electrons. The molecule has 2 aromatic rings. The number of benzene rings is 2. The number of fused-ring (bicyclic) bond motifs is 1. The second-order valence-corrected chi connectivity index (χ2v) is 10.8. The number of aliphatic hydroxyl groups excluding tert-OH is 1. The maximum Gasteiger partial charge on any atom is 0.126 e. The number of nitrogens with one attached hydrogen (secondary N) is 1. The molecule has 2 aromatic carbocycles. The van der Waals surface area contributed by atoms with Crippen LogP contribution in [0.25, 0.3) is 0 Å². The standard InChI is InChI=1S/C32H44N2O3/c1-6-24-10-12-25(13-11-24)21-34(26-14-15-29-30(20-26)37-19-18-36-29)17-16-31(35)33-32-27(22(2)3)8-7-9-28(32)23(4)5/h7-15,22-23,30-31,33,35H,6,16-21H2,1-5H3. The van der Waals surface area contributed by atoms with Crippen molar-refractivity contribution in [1.29, 1.82) is 0 Å². The molecule has 2 atom stereocenters. The van der Waals surface area contributed by atoms with Crippen LogP contribution in [-0.2, 0) is 22.4 Å². The molecule has 1 fully saturated rings. The number of aliphatic hydroxyl groups is 1. The van der Waals surface area contributed by atoms with Crippen LogP contribution in [0, 0.1) is 0 Å². The Morgan fingerprint density at radius 2 is 1.62 bits per heavy atom. The maximum absolute atomic E-state index is 11.2. The van der Waals surface area contributed by atoms with Crippen LogP contribution in [-0.4, -0.2) is 42.1 Å². The Hall–Kier alpha value is -2.76. The molecule has 1 saturated heterocycles. The fraction of sp³-hybridized carbons (Fsp3) is 0.500. The Morgan fingerprint density at radius 1 is 0.946 bits per heavy atom. The van der Waals surface area contributed by atoms with Crippen LogP contribution in [0.15, 0.2) is 66.1 Å². The van der Waals surface area contributed by atoms with Gasteiger partial charge >= 0.3 is 0 Å². The van der Waals surface area contributed by atoms with Crippen molar-refractivity contribution >= 4 is 5.69 Å². The van der Waals surface area contributed by atoms with Gasteiger partial charge < -0.3 is 24.8 Å². The van der Waals surface area contributed by atoms with Crippen LogP contribution in [0.1, 0.15) is 81.5 Å². The molecule has 5 heteroatoms. The molecular weight excluding hydrogens is 460 g/mol. The summed E-state index contributed by atoms with van der Waals surface area (Å²) >= 11 is 0. The van der Waals surface area contributed by atoms with Gasteiger partial charge in [-0.1, -0.05) is 77.1 Å². The lowest BCUT2D eigenvalue weighted by atomic mass is 9.92. The highest BCUT2D eigenvalue weighted by Crippen LogP contribution is 2.33. The Balaban J connectivity index is 1.51. The van der Waals surface area contributed by atoms with Crippen LogP contribution in [0.5, 0.6) is 0 Å². The van der Waals surface area contributed by atoms with Gasteiger partial charge in [0.05, 0.1) is 6.61 Å². The molecule has 1 aliphatic heterocycles. The molecule has 2 unspecified atom stereocenters. The molecule has 0 saturated carbocycles. The third kappa shape index (κ3) is 6.97. The number of hydrogen-bond donors (Lipinski definition) is 2. The summed E-state index contributed by atoms with van der Waals surface area (Å²) in [5, 5.41) is 14.6. The van der Waals surface area contributed by atoms with Crippen molar-refractivity contribution in [1.82, 2.24) is 4.90 Å². The molecule has 0 spiro atoms. The molecular formula is C32H44N2O3. The average molecular weight is 505 g/mol. The zero-order chi connectivity index (χ0) is 26.4.